The minimum atomic E-state index is -0.146. The molecule has 28 heavy (non-hydrogen) atoms. The highest BCUT2D eigenvalue weighted by molar-refractivity contribution is 5.99. The molecule has 0 fully saturated rings. The van der Waals surface area contributed by atoms with Crippen molar-refractivity contribution in [1.82, 2.24) is 30.1 Å². The summed E-state index contributed by atoms with van der Waals surface area (Å²) in [5.74, 6) is 0.543. The van der Waals surface area contributed by atoms with Gasteiger partial charge in [0.2, 0.25) is 0 Å². The molecule has 2 N–H and O–H groups in total. The van der Waals surface area contributed by atoms with Crippen molar-refractivity contribution in [3.05, 3.63) is 84.4 Å². The number of nitrogens with zero attached hydrogens (tertiary/aromatic N) is 4. The summed E-state index contributed by atoms with van der Waals surface area (Å²) in [6, 6.07) is 19.4. The number of benzene rings is 2. The van der Waals surface area contributed by atoms with Crippen molar-refractivity contribution in [3.63, 3.8) is 0 Å². The van der Waals surface area contributed by atoms with Crippen molar-refractivity contribution >= 4 is 22.3 Å². The van der Waals surface area contributed by atoms with E-state index in [0.717, 1.165) is 27.7 Å². The van der Waals surface area contributed by atoms with Gasteiger partial charge in [0.05, 0.1) is 12.2 Å². The largest absolute Gasteiger partial charge is 0.345 e. The average molecular weight is 368 g/mol. The second kappa shape index (κ2) is 6.62. The van der Waals surface area contributed by atoms with Gasteiger partial charge in [0.1, 0.15) is 0 Å². The highest BCUT2D eigenvalue weighted by Gasteiger charge is 2.10. The molecule has 2 aromatic carbocycles. The fraction of sp³-hybridized carbons (Fsp3) is 0.0476. The Labute approximate surface area is 160 Å². The number of nitrogens with one attached hydrogen (secondary N) is 2. The highest BCUT2D eigenvalue weighted by atomic mass is 16.1. The SMILES string of the molecule is O=C(NCc1nnc2ccccn12)c1ccc2cc(-c3ccn[nH]3)ccc2c1. The Bertz CT molecular complexity index is 1290. The lowest BCUT2D eigenvalue weighted by Gasteiger charge is -2.07. The van der Waals surface area contributed by atoms with Crippen molar-refractivity contribution in [2.45, 2.75) is 6.54 Å². The Kier molecular flexibility index (Phi) is 3.83. The molecule has 0 unspecified atom stereocenters. The van der Waals surface area contributed by atoms with Gasteiger partial charge in [0.15, 0.2) is 11.5 Å². The summed E-state index contributed by atoms with van der Waals surface area (Å²) in [4.78, 5) is 12.6. The van der Waals surface area contributed by atoms with Crippen LogP contribution in [0.5, 0.6) is 0 Å². The quantitative estimate of drug-likeness (QED) is 0.510. The second-order valence-electron chi connectivity index (χ2n) is 6.47. The van der Waals surface area contributed by atoms with Crippen molar-refractivity contribution in [2.24, 2.45) is 0 Å². The van der Waals surface area contributed by atoms with Gasteiger partial charge >= 0.3 is 0 Å². The molecule has 5 rings (SSSR count). The van der Waals surface area contributed by atoms with Crippen LogP contribution in [0.25, 0.3) is 27.7 Å². The molecule has 0 aliphatic rings. The van der Waals surface area contributed by atoms with Crippen molar-refractivity contribution in [2.75, 3.05) is 0 Å². The summed E-state index contributed by atoms with van der Waals surface area (Å²) in [7, 11) is 0. The van der Waals surface area contributed by atoms with E-state index in [4.69, 9.17) is 0 Å². The van der Waals surface area contributed by atoms with E-state index in [9.17, 15) is 4.79 Å². The standard InChI is InChI=1S/C21H16N6O/c28-21(22-13-20-26-25-19-3-1-2-10-27(19)20)17-7-5-14-11-16(6-4-15(14)12-17)18-8-9-23-24-18/h1-12H,13H2,(H,22,28)(H,23,24). The predicted molar refractivity (Wildman–Crippen MR) is 106 cm³/mol. The van der Waals surface area contributed by atoms with Crippen LogP contribution in [0.4, 0.5) is 0 Å². The number of carbonyl (C=O) groups excluding carboxylic acids is 1. The van der Waals surface area contributed by atoms with Crippen molar-refractivity contribution in [3.8, 4) is 11.3 Å². The number of hydrogen-bond acceptors (Lipinski definition) is 4. The molecule has 7 heteroatoms. The molecule has 0 saturated heterocycles. The number of amides is 1. The number of rotatable bonds is 4. The Balaban J connectivity index is 1.36. The minimum absolute atomic E-state index is 0.146. The number of hydrogen-bond donors (Lipinski definition) is 2. The molecule has 0 aliphatic heterocycles. The van der Waals surface area contributed by atoms with E-state index in [2.05, 4.69) is 31.8 Å². The van der Waals surface area contributed by atoms with E-state index in [1.165, 1.54) is 0 Å². The Morgan fingerprint density at radius 3 is 2.79 bits per heavy atom. The molecule has 0 radical (unpaired) electrons. The lowest BCUT2D eigenvalue weighted by Crippen LogP contribution is -2.23. The first kappa shape index (κ1) is 16.2. The molecule has 0 spiro atoms. The van der Waals surface area contributed by atoms with Crippen LogP contribution < -0.4 is 5.32 Å². The van der Waals surface area contributed by atoms with Gasteiger partial charge in [-0.05, 0) is 47.2 Å². The minimum Gasteiger partial charge on any atom is -0.345 e. The molecule has 1 amide bonds. The summed E-state index contributed by atoms with van der Waals surface area (Å²) >= 11 is 0. The number of H-pyrrole nitrogens is 1. The zero-order valence-electron chi connectivity index (χ0n) is 14.8. The third-order valence-electron chi connectivity index (χ3n) is 4.71. The summed E-state index contributed by atoms with van der Waals surface area (Å²) in [6.45, 7) is 0.306. The summed E-state index contributed by atoms with van der Waals surface area (Å²) < 4.78 is 1.86. The third-order valence-corrected chi connectivity index (χ3v) is 4.71. The topological polar surface area (TPSA) is 88.0 Å². The van der Waals surface area contributed by atoms with Gasteiger partial charge in [-0.3, -0.25) is 14.3 Å². The number of carbonyl (C=O) groups is 1. The van der Waals surface area contributed by atoms with Crippen LogP contribution in [0, 0.1) is 0 Å². The number of pyridine rings is 1. The summed E-state index contributed by atoms with van der Waals surface area (Å²) in [5.41, 5.74) is 3.38. The molecule has 0 aliphatic carbocycles. The van der Waals surface area contributed by atoms with Crippen LogP contribution in [-0.2, 0) is 6.54 Å². The van der Waals surface area contributed by atoms with E-state index < -0.39 is 0 Å². The zero-order valence-corrected chi connectivity index (χ0v) is 14.8. The van der Waals surface area contributed by atoms with Crippen molar-refractivity contribution in [1.29, 1.82) is 0 Å². The normalized spacial score (nSPS) is 11.1. The monoisotopic (exact) mass is 368 g/mol. The van der Waals surface area contributed by atoms with Crippen LogP contribution in [0.3, 0.4) is 0 Å². The predicted octanol–water partition coefficient (Wildman–Crippen LogP) is 3.20. The fourth-order valence-electron chi connectivity index (χ4n) is 3.24. The fourth-order valence-corrected chi connectivity index (χ4v) is 3.24. The Hall–Kier alpha value is -4.00. The smallest absolute Gasteiger partial charge is 0.251 e. The maximum absolute atomic E-state index is 12.6. The molecular formula is C21H16N6O. The van der Waals surface area contributed by atoms with Crippen LogP contribution in [0.2, 0.25) is 0 Å². The third kappa shape index (κ3) is 2.88. The first-order valence-corrected chi connectivity index (χ1v) is 8.88. The van der Waals surface area contributed by atoms with Crippen molar-refractivity contribution < 1.29 is 4.79 Å². The summed E-state index contributed by atoms with van der Waals surface area (Å²) in [6.07, 6.45) is 3.61. The molecule has 0 bridgehead atoms. The van der Waals surface area contributed by atoms with E-state index >= 15 is 0 Å². The maximum Gasteiger partial charge on any atom is 0.251 e. The number of aromatic nitrogens is 5. The molecule has 0 atom stereocenters. The lowest BCUT2D eigenvalue weighted by molar-refractivity contribution is 0.0950. The Morgan fingerprint density at radius 1 is 1.00 bits per heavy atom. The van der Waals surface area contributed by atoms with Gasteiger partial charge < -0.3 is 5.32 Å². The molecule has 7 nitrogen and oxygen atoms in total. The lowest BCUT2D eigenvalue weighted by atomic mass is 10.0. The van der Waals surface area contributed by atoms with Crippen LogP contribution in [0.1, 0.15) is 16.2 Å². The van der Waals surface area contributed by atoms with E-state index in [0.29, 0.717) is 17.9 Å². The van der Waals surface area contributed by atoms with Gasteiger partial charge in [0.25, 0.3) is 5.91 Å². The average Bonchev–Trinajstić information content (AvgIpc) is 3.41. The van der Waals surface area contributed by atoms with E-state index in [-0.39, 0.29) is 5.91 Å². The van der Waals surface area contributed by atoms with Crippen LogP contribution in [0.15, 0.2) is 73.1 Å². The highest BCUT2D eigenvalue weighted by Crippen LogP contribution is 2.23. The molecule has 0 saturated carbocycles. The first-order chi connectivity index (χ1) is 13.8. The molecule has 3 aromatic heterocycles. The van der Waals surface area contributed by atoms with Gasteiger partial charge in [-0.25, -0.2) is 0 Å². The second-order valence-corrected chi connectivity index (χ2v) is 6.47. The maximum atomic E-state index is 12.6. The molecular weight excluding hydrogens is 352 g/mol. The zero-order chi connectivity index (χ0) is 18.9. The number of aromatic amines is 1. The van der Waals surface area contributed by atoms with E-state index in [1.54, 1.807) is 6.20 Å². The first-order valence-electron chi connectivity index (χ1n) is 8.88. The summed E-state index contributed by atoms with van der Waals surface area (Å²) in [5, 5.41) is 20.2. The van der Waals surface area contributed by atoms with Crippen LogP contribution in [-0.4, -0.2) is 30.7 Å². The van der Waals surface area contributed by atoms with Gasteiger partial charge in [0, 0.05) is 23.5 Å². The van der Waals surface area contributed by atoms with Gasteiger partial charge in [-0.2, -0.15) is 5.10 Å². The van der Waals surface area contributed by atoms with E-state index in [1.807, 2.05) is 65.2 Å². The number of fused-ring (bicyclic) bond motifs is 2. The molecule has 136 valence electrons. The Morgan fingerprint density at radius 2 is 1.89 bits per heavy atom. The molecule has 3 heterocycles. The van der Waals surface area contributed by atoms with Gasteiger partial charge in [-0.15, -0.1) is 10.2 Å². The van der Waals surface area contributed by atoms with Crippen LogP contribution >= 0.6 is 0 Å². The van der Waals surface area contributed by atoms with Gasteiger partial charge in [-0.1, -0.05) is 24.3 Å². The molecule has 5 aromatic rings.